The van der Waals surface area contributed by atoms with E-state index in [9.17, 15) is 14.0 Å². The number of hydrogen-bond donors (Lipinski definition) is 0. The van der Waals surface area contributed by atoms with Gasteiger partial charge < -0.3 is 0 Å². The SMILES string of the molecule is CC(C)(C#N)c1ccc(CCC(=O)CCC(=O)C2CCCC2)cc1F. The average molecular weight is 343 g/mol. The smallest absolute Gasteiger partial charge is 0.136 e. The van der Waals surface area contributed by atoms with Crippen molar-refractivity contribution >= 4 is 11.6 Å². The molecule has 3 nitrogen and oxygen atoms in total. The number of carbonyl (C=O) groups is 2. The summed E-state index contributed by atoms with van der Waals surface area (Å²) in [6, 6.07) is 6.90. The number of carbonyl (C=O) groups excluding carboxylic acids is 2. The second-order valence-corrected chi connectivity index (χ2v) is 7.54. The van der Waals surface area contributed by atoms with Crippen LogP contribution in [0.1, 0.15) is 69.9 Å². The van der Waals surface area contributed by atoms with Gasteiger partial charge in [0.05, 0.1) is 11.5 Å². The van der Waals surface area contributed by atoms with Crippen LogP contribution in [0.3, 0.4) is 0 Å². The monoisotopic (exact) mass is 343 g/mol. The first kappa shape index (κ1) is 19.3. The molecule has 1 aliphatic rings. The zero-order chi connectivity index (χ0) is 18.4. The van der Waals surface area contributed by atoms with Crippen molar-refractivity contribution in [2.24, 2.45) is 5.92 Å². The Balaban J connectivity index is 1.82. The fourth-order valence-electron chi connectivity index (χ4n) is 3.40. The summed E-state index contributed by atoms with van der Waals surface area (Å²) in [4.78, 5) is 24.0. The van der Waals surface area contributed by atoms with Gasteiger partial charge in [-0.1, -0.05) is 25.0 Å². The number of hydrogen-bond acceptors (Lipinski definition) is 3. The number of aryl methyl sites for hydroxylation is 1. The van der Waals surface area contributed by atoms with Gasteiger partial charge in [0.25, 0.3) is 0 Å². The number of rotatable bonds is 8. The molecule has 0 aliphatic heterocycles. The lowest BCUT2D eigenvalue weighted by Gasteiger charge is -2.17. The highest BCUT2D eigenvalue weighted by atomic mass is 19.1. The molecule has 4 heteroatoms. The Hall–Kier alpha value is -2.02. The van der Waals surface area contributed by atoms with Crippen LogP contribution >= 0.6 is 0 Å². The minimum atomic E-state index is -0.876. The normalized spacial score (nSPS) is 15.1. The fraction of sp³-hybridized carbons (Fsp3) is 0.571. The third-order valence-electron chi connectivity index (χ3n) is 5.14. The molecular formula is C21H26FNO2. The lowest BCUT2D eigenvalue weighted by molar-refractivity contribution is -0.126. The predicted octanol–water partition coefficient (Wildman–Crippen LogP) is 4.67. The van der Waals surface area contributed by atoms with Crippen LogP contribution in [0.5, 0.6) is 0 Å². The van der Waals surface area contributed by atoms with Crippen LogP contribution in [-0.2, 0) is 21.4 Å². The maximum Gasteiger partial charge on any atom is 0.136 e. The van der Waals surface area contributed by atoms with Crippen molar-refractivity contribution in [2.45, 2.75) is 70.6 Å². The second-order valence-electron chi connectivity index (χ2n) is 7.54. The lowest BCUT2D eigenvalue weighted by Crippen LogP contribution is -2.16. The third-order valence-corrected chi connectivity index (χ3v) is 5.14. The van der Waals surface area contributed by atoms with Crippen LogP contribution in [0.4, 0.5) is 4.39 Å². The van der Waals surface area contributed by atoms with Crippen molar-refractivity contribution < 1.29 is 14.0 Å². The summed E-state index contributed by atoms with van der Waals surface area (Å²) in [5.74, 6) is 0.0269. The number of Topliss-reactive ketones (excluding diaryl/α,β-unsaturated/α-hetero) is 2. The van der Waals surface area contributed by atoms with Crippen LogP contribution < -0.4 is 0 Å². The molecule has 0 heterocycles. The van der Waals surface area contributed by atoms with Gasteiger partial charge in [-0.15, -0.1) is 0 Å². The highest BCUT2D eigenvalue weighted by Crippen LogP contribution is 2.27. The van der Waals surface area contributed by atoms with Gasteiger partial charge in [-0.2, -0.15) is 5.26 Å². The molecule has 0 aromatic heterocycles. The molecule has 1 fully saturated rings. The van der Waals surface area contributed by atoms with Crippen molar-refractivity contribution in [3.05, 3.63) is 35.1 Å². The van der Waals surface area contributed by atoms with E-state index < -0.39 is 11.2 Å². The summed E-state index contributed by atoms with van der Waals surface area (Å²) in [6.45, 7) is 3.35. The Bertz CT molecular complexity index is 682. The van der Waals surface area contributed by atoms with Crippen LogP contribution in [0.25, 0.3) is 0 Å². The molecular weight excluding hydrogens is 317 g/mol. The van der Waals surface area contributed by atoms with Crippen molar-refractivity contribution in [1.82, 2.24) is 0 Å². The van der Waals surface area contributed by atoms with Crippen LogP contribution in [0.2, 0.25) is 0 Å². The zero-order valence-corrected chi connectivity index (χ0v) is 15.1. The second kappa shape index (κ2) is 8.38. The van der Waals surface area contributed by atoms with Crippen molar-refractivity contribution in [3.8, 4) is 6.07 Å². The van der Waals surface area contributed by atoms with E-state index in [1.807, 2.05) is 0 Å². The van der Waals surface area contributed by atoms with Gasteiger partial charge in [-0.05, 0) is 44.7 Å². The molecule has 0 amide bonds. The van der Waals surface area contributed by atoms with E-state index in [0.29, 0.717) is 24.8 Å². The molecule has 1 aliphatic carbocycles. The molecule has 1 aromatic rings. The Morgan fingerprint density at radius 3 is 2.48 bits per heavy atom. The molecule has 0 saturated heterocycles. The van der Waals surface area contributed by atoms with Crippen LogP contribution in [0.15, 0.2) is 18.2 Å². The average Bonchev–Trinajstić information content (AvgIpc) is 3.12. The third kappa shape index (κ3) is 5.22. The first-order valence-corrected chi connectivity index (χ1v) is 9.08. The number of halogens is 1. The standard InChI is InChI=1S/C21H26FNO2/c1-21(2,14-23)18-11-8-15(13-19(18)22)7-9-17(24)10-12-20(25)16-5-3-4-6-16/h8,11,13,16H,3-7,9-10,12H2,1-2H3. The summed E-state index contributed by atoms with van der Waals surface area (Å²) in [7, 11) is 0. The highest BCUT2D eigenvalue weighted by Gasteiger charge is 2.24. The van der Waals surface area contributed by atoms with Gasteiger partial charge in [0.2, 0.25) is 0 Å². The fourth-order valence-corrected chi connectivity index (χ4v) is 3.40. The van der Waals surface area contributed by atoms with Crippen LogP contribution in [-0.4, -0.2) is 11.6 Å². The zero-order valence-electron chi connectivity index (χ0n) is 15.1. The molecule has 0 unspecified atom stereocenters. The maximum atomic E-state index is 14.2. The molecule has 0 bridgehead atoms. The molecule has 1 saturated carbocycles. The number of nitrogens with zero attached hydrogens (tertiary/aromatic N) is 1. The van der Waals surface area contributed by atoms with E-state index in [1.165, 1.54) is 6.07 Å². The van der Waals surface area contributed by atoms with Crippen molar-refractivity contribution in [1.29, 1.82) is 5.26 Å². The maximum absolute atomic E-state index is 14.2. The van der Waals surface area contributed by atoms with Crippen molar-refractivity contribution in [2.75, 3.05) is 0 Å². The van der Waals surface area contributed by atoms with Gasteiger partial charge in [-0.3, -0.25) is 9.59 Å². The largest absolute Gasteiger partial charge is 0.300 e. The molecule has 25 heavy (non-hydrogen) atoms. The molecule has 0 atom stereocenters. The number of ketones is 2. The minimum absolute atomic E-state index is 0.0492. The summed E-state index contributed by atoms with van der Waals surface area (Å²) < 4.78 is 14.2. The molecule has 0 radical (unpaired) electrons. The molecule has 2 rings (SSSR count). The topological polar surface area (TPSA) is 57.9 Å². The van der Waals surface area contributed by atoms with Gasteiger partial charge in [0, 0.05) is 30.7 Å². The van der Waals surface area contributed by atoms with Crippen molar-refractivity contribution in [3.63, 3.8) is 0 Å². The molecule has 134 valence electrons. The summed E-state index contributed by atoms with van der Waals surface area (Å²) >= 11 is 0. The first-order chi connectivity index (χ1) is 11.8. The first-order valence-electron chi connectivity index (χ1n) is 9.08. The Morgan fingerprint density at radius 1 is 1.20 bits per heavy atom. The molecule has 0 spiro atoms. The summed E-state index contributed by atoms with van der Waals surface area (Å²) in [5, 5.41) is 9.11. The quantitative estimate of drug-likeness (QED) is 0.689. The van der Waals surface area contributed by atoms with Gasteiger partial charge in [-0.25, -0.2) is 4.39 Å². The highest BCUT2D eigenvalue weighted by molar-refractivity contribution is 5.87. The van der Waals surface area contributed by atoms with Gasteiger partial charge >= 0.3 is 0 Å². The molecule has 1 aromatic carbocycles. The van der Waals surface area contributed by atoms with E-state index in [-0.39, 0.29) is 23.9 Å². The summed E-state index contributed by atoms with van der Waals surface area (Å²) in [5.41, 5.74) is 0.233. The predicted molar refractivity (Wildman–Crippen MR) is 94.6 cm³/mol. The van der Waals surface area contributed by atoms with E-state index in [0.717, 1.165) is 31.2 Å². The number of nitriles is 1. The summed E-state index contributed by atoms with van der Waals surface area (Å²) in [6.07, 6.45) is 5.59. The molecule has 0 N–H and O–H groups in total. The van der Waals surface area contributed by atoms with Gasteiger partial charge in [0.15, 0.2) is 0 Å². The van der Waals surface area contributed by atoms with Gasteiger partial charge in [0.1, 0.15) is 17.4 Å². The number of benzene rings is 1. The van der Waals surface area contributed by atoms with E-state index >= 15 is 0 Å². The Labute approximate surface area is 149 Å². The van der Waals surface area contributed by atoms with Crippen LogP contribution in [0, 0.1) is 23.1 Å². The Morgan fingerprint density at radius 2 is 1.88 bits per heavy atom. The van der Waals surface area contributed by atoms with E-state index in [2.05, 4.69) is 6.07 Å². The van der Waals surface area contributed by atoms with E-state index in [4.69, 9.17) is 5.26 Å². The van der Waals surface area contributed by atoms with E-state index in [1.54, 1.807) is 26.0 Å². The Kier molecular flexibility index (Phi) is 6.47. The minimum Gasteiger partial charge on any atom is -0.300 e. The lowest BCUT2D eigenvalue weighted by atomic mass is 9.85.